The lowest BCUT2D eigenvalue weighted by molar-refractivity contribution is -0.127. The maximum absolute atomic E-state index is 12.1. The number of hydrogen-bond acceptors (Lipinski definition) is 2. The van der Waals surface area contributed by atoms with Gasteiger partial charge in [-0.1, -0.05) is 20.8 Å². The number of rotatable bonds is 1. The second-order valence-corrected chi connectivity index (χ2v) is 6.20. The van der Waals surface area contributed by atoms with Crippen LogP contribution in [0.2, 0.25) is 0 Å². The average molecular weight is 198 g/mol. The predicted octanol–water partition coefficient (Wildman–Crippen LogP) is 2.74. The number of fused-ring (bicyclic) bond motifs is 2. The van der Waals surface area contributed by atoms with Gasteiger partial charge in [0.25, 0.3) is 0 Å². The largest absolute Gasteiger partial charge is 0.298 e. The number of thioether (sulfide) groups is 1. The van der Waals surface area contributed by atoms with Gasteiger partial charge in [0.15, 0.2) is 5.78 Å². The van der Waals surface area contributed by atoms with Gasteiger partial charge in [-0.3, -0.25) is 4.79 Å². The summed E-state index contributed by atoms with van der Waals surface area (Å²) in [5.41, 5.74) is 0.211. The first-order chi connectivity index (χ1) is 5.95. The van der Waals surface area contributed by atoms with E-state index >= 15 is 0 Å². The molecule has 0 spiro atoms. The van der Waals surface area contributed by atoms with Crippen LogP contribution in [0.15, 0.2) is 0 Å². The van der Waals surface area contributed by atoms with E-state index in [1.54, 1.807) is 11.8 Å². The van der Waals surface area contributed by atoms with Gasteiger partial charge < -0.3 is 0 Å². The Morgan fingerprint density at radius 1 is 1.38 bits per heavy atom. The number of Topliss-reactive ketones (excluding diaryl/α,β-unsaturated/α-hetero) is 1. The van der Waals surface area contributed by atoms with E-state index in [9.17, 15) is 4.79 Å². The second kappa shape index (κ2) is 2.53. The predicted molar refractivity (Wildman–Crippen MR) is 56.9 cm³/mol. The van der Waals surface area contributed by atoms with Crippen LogP contribution in [0.25, 0.3) is 0 Å². The zero-order valence-electron chi connectivity index (χ0n) is 8.89. The van der Waals surface area contributed by atoms with Gasteiger partial charge >= 0.3 is 0 Å². The smallest absolute Gasteiger partial charge is 0.152 e. The Kier molecular flexibility index (Phi) is 1.86. The van der Waals surface area contributed by atoms with E-state index in [4.69, 9.17) is 0 Å². The molecule has 2 bridgehead atoms. The van der Waals surface area contributed by atoms with E-state index < -0.39 is 0 Å². The summed E-state index contributed by atoms with van der Waals surface area (Å²) in [5, 5.41) is 0.286. The van der Waals surface area contributed by atoms with Crippen molar-refractivity contribution in [3.05, 3.63) is 0 Å². The Hall–Kier alpha value is 0.0200. The van der Waals surface area contributed by atoms with Gasteiger partial charge in [-0.25, -0.2) is 0 Å². The summed E-state index contributed by atoms with van der Waals surface area (Å²) in [5.74, 6) is 1.14. The molecule has 0 unspecified atom stereocenters. The van der Waals surface area contributed by atoms with Crippen LogP contribution in [0.4, 0.5) is 0 Å². The van der Waals surface area contributed by atoms with E-state index in [0.29, 0.717) is 11.7 Å². The zero-order valence-corrected chi connectivity index (χ0v) is 9.70. The standard InChI is InChI=1S/C11H18OS/c1-10(2)7-5-6-11(10,3)9(12)8(7)13-4/h7-8H,5-6H2,1-4H3/t7-,8-,11+/m0/s1. The fourth-order valence-electron chi connectivity index (χ4n) is 3.27. The molecule has 2 aliphatic carbocycles. The molecule has 2 aliphatic rings. The van der Waals surface area contributed by atoms with E-state index in [-0.39, 0.29) is 16.1 Å². The molecule has 2 rings (SSSR count). The summed E-state index contributed by atoms with van der Waals surface area (Å²) < 4.78 is 0. The third-order valence-electron chi connectivity index (χ3n) is 4.73. The molecule has 0 amide bonds. The monoisotopic (exact) mass is 198 g/mol. The van der Waals surface area contributed by atoms with Crippen molar-refractivity contribution >= 4 is 17.5 Å². The zero-order chi connectivity index (χ0) is 9.85. The van der Waals surface area contributed by atoms with Gasteiger partial charge in [-0.15, -0.1) is 0 Å². The number of carbonyl (C=O) groups excluding carboxylic acids is 1. The van der Waals surface area contributed by atoms with Gasteiger partial charge in [0.05, 0.1) is 5.25 Å². The second-order valence-electron chi connectivity index (χ2n) is 5.22. The summed E-state index contributed by atoms with van der Waals surface area (Å²) in [4.78, 5) is 12.1. The topological polar surface area (TPSA) is 17.1 Å². The first-order valence-corrected chi connectivity index (χ1v) is 6.31. The first-order valence-electron chi connectivity index (χ1n) is 5.02. The quantitative estimate of drug-likeness (QED) is 0.644. The van der Waals surface area contributed by atoms with Gasteiger partial charge in [-0.2, -0.15) is 11.8 Å². The van der Waals surface area contributed by atoms with Crippen LogP contribution in [0.5, 0.6) is 0 Å². The molecule has 0 aliphatic heterocycles. The molecule has 0 aromatic heterocycles. The van der Waals surface area contributed by atoms with Gasteiger partial charge in [0.2, 0.25) is 0 Å². The normalized spacial score (nSPS) is 47.2. The summed E-state index contributed by atoms with van der Waals surface area (Å²) in [6.45, 7) is 6.73. The van der Waals surface area contributed by atoms with Crippen molar-refractivity contribution in [2.45, 2.75) is 38.9 Å². The third kappa shape index (κ3) is 0.881. The van der Waals surface area contributed by atoms with Crippen LogP contribution in [0.3, 0.4) is 0 Å². The van der Waals surface area contributed by atoms with Crippen LogP contribution in [0.1, 0.15) is 33.6 Å². The number of carbonyl (C=O) groups is 1. The molecule has 2 heteroatoms. The van der Waals surface area contributed by atoms with Crippen molar-refractivity contribution in [3.63, 3.8) is 0 Å². The highest BCUT2D eigenvalue weighted by atomic mass is 32.2. The summed E-state index contributed by atoms with van der Waals surface area (Å²) in [6, 6.07) is 0. The van der Waals surface area contributed by atoms with E-state index in [1.165, 1.54) is 6.42 Å². The Balaban J connectivity index is 2.44. The molecule has 13 heavy (non-hydrogen) atoms. The van der Waals surface area contributed by atoms with Gasteiger partial charge in [0.1, 0.15) is 0 Å². The SMILES string of the molecule is CS[C@@H]1C(=O)[C@@]2(C)CC[C@@H]1C2(C)C. The van der Waals surface area contributed by atoms with Crippen molar-refractivity contribution in [2.75, 3.05) is 6.26 Å². The van der Waals surface area contributed by atoms with E-state index in [0.717, 1.165) is 6.42 Å². The summed E-state index contributed by atoms with van der Waals surface area (Å²) in [6.07, 6.45) is 4.43. The molecule has 0 aromatic carbocycles. The maximum Gasteiger partial charge on any atom is 0.152 e. The van der Waals surface area contributed by atoms with Crippen molar-refractivity contribution in [1.29, 1.82) is 0 Å². The molecule has 2 saturated carbocycles. The Labute approximate surface area is 84.7 Å². The molecule has 0 radical (unpaired) electrons. The van der Waals surface area contributed by atoms with E-state index in [1.807, 2.05) is 0 Å². The van der Waals surface area contributed by atoms with Crippen LogP contribution in [0, 0.1) is 16.7 Å². The van der Waals surface area contributed by atoms with Crippen LogP contribution >= 0.6 is 11.8 Å². The van der Waals surface area contributed by atoms with Crippen molar-refractivity contribution < 1.29 is 4.79 Å². The molecule has 3 atom stereocenters. The molecule has 0 aromatic rings. The molecular formula is C11H18OS. The van der Waals surface area contributed by atoms with Crippen LogP contribution < -0.4 is 0 Å². The van der Waals surface area contributed by atoms with Crippen molar-refractivity contribution in [3.8, 4) is 0 Å². The van der Waals surface area contributed by atoms with Gasteiger partial charge in [0, 0.05) is 5.41 Å². The summed E-state index contributed by atoms with van der Waals surface area (Å²) >= 11 is 1.75. The highest BCUT2D eigenvalue weighted by molar-refractivity contribution is 8.00. The van der Waals surface area contributed by atoms with E-state index in [2.05, 4.69) is 27.0 Å². The molecule has 74 valence electrons. The minimum Gasteiger partial charge on any atom is -0.298 e. The average Bonchev–Trinajstić information content (AvgIpc) is 2.36. The highest BCUT2D eigenvalue weighted by Crippen LogP contribution is 2.65. The molecule has 0 heterocycles. The fourth-order valence-corrected chi connectivity index (χ4v) is 4.55. The minimum absolute atomic E-state index is 0.0225. The molecular weight excluding hydrogens is 180 g/mol. The summed E-state index contributed by atoms with van der Waals surface area (Å²) in [7, 11) is 0. The Morgan fingerprint density at radius 3 is 2.31 bits per heavy atom. The molecule has 2 fully saturated rings. The first kappa shape index (κ1) is 9.57. The number of hydrogen-bond donors (Lipinski definition) is 0. The van der Waals surface area contributed by atoms with Crippen molar-refractivity contribution in [1.82, 2.24) is 0 Å². The van der Waals surface area contributed by atoms with Crippen LogP contribution in [-0.2, 0) is 4.79 Å². The highest BCUT2D eigenvalue weighted by Gasteiger charge is 2.65. The lowest BCUT2D eigenvalue weighted by Gasteiger charge is -2.32. The number of ketones is 1. The minimum atomic E-state index is -0.0225. The lowest BCUT2D eigenvalue weighted by Crippen LogP contribution is -2.34. The fraction of sp³-hybridized carbons (Fsp3) is 0.909. The molecule has 1 nitrogen and oxygen atoms in total. The van der Waals surface area contributed by atoms with Crippen LogP contribution in [-0.4, -0.2) is 17.3 Å². The molecule has 0 saturated heterocycles. The molecule has 0 N–H and O–H groups in total. The lowest BCUT2D eigenvalue weighted by atomic mass is 9.70. The van der Waals surface area contributed by atoms with Crippen molar-refractivity contribution in [2.24, 2.45) is 16.7 Å². The maximum atomic E-state index is 12.1. The third-order valence-corrected chi connectivity index (χ3v) is 5.78. The Morgan fingerprint density at radius 2 is 2.00 bits per heavy atom. The Bertz CT molecular complexity index is 259. The van der Waals surface area contributed by atoms with Gasteiger partial charge in [-0.05, 0) is 30.4 Å².